The number of benzene rings is 1. The number of aromatic nitrogens is 3. The van der Waals surface area contributed by atoms with Gasteiger partial charge in [0.15, 0.2) is 15.6 Å². The molecule has 0 fully saturated rings. The Labute approximate surface area is 162 Å². The van der Waals surface area contributed by atoms with Crippen LogP contribution in [0.3, 0.4) is 0 Å². The van der Waals surface area contributed by atoms with Crippen LogP contribution in [0.15, 0.2) is 56.7 Å². The van der Waals surface area contributed by atoms with Gasteiger partial charge in [-0.3, -0.25) is 9.36 Å². The minimum absolute atomic E-state index is 0.0121. The monoisotopic (exact) mass is 431 g/mol. The summed E-state index contributed by atoms with van der Waals surface area (Å²) in [5.41, 5.74) is 1.08. The van der Waals surface area contributed by atoms with Crippen LogP contribution in [0.2, 0.25) is 0 Å². The fourth-order valence-corrected chi connectivity index (χ4v) is 3.31. The van der Waals surface area contributed by atoms with Crippen LogP contribution in [0, 0.1) is 11.3 Å². The Morgan fingerprint density at radius 3 is 2.77 bits per heavy atom. The zero-order valence-electron chi connectivity index (χ0n) is 13.6. The molecule has 0 radical (unpaired) electrons. The summed E-state index contributed by atoms with van der Waals surface area (Å²) < 4.78 is 8.12. The first-order valence-electron chi connectivity index (χ1n) is 7.66. The second kappa shape index (κ2) is 8.69. The Kier molecular flexibility index (Phi) is 6.09. The van der Waals surface area contributed by atoms with Crippen LogP contribution in [0.25, 0.3) is 11.6 Å². The number of carbonyl (C=O) groups excluding carboxylic acids is 1. The quantitative estimate of drug-likeness (QED) is 0.455. The summed E-state index contributed by atoms with van der Waals surface area (Å²) in [7, 11) is 0. The minimum atomic E-state index is -0.229. The van der Waals surface area contributed by atoms with Crippen LogP contribution in [0.4, 0.5) is 0 Å². The van der Waals surface area contributed by atoms with Gasteiger partial charge in [0, 0.05) is 0 Å². The molecule has 3 rings (SSSR count). The first-order chi connectivity index (χ1) is 12.7. The predicted octanol–water partition coefficient (Wildman–Crippen LogP) is 3.08. The maximum absolute atomic E-state index is 11.8. The lowest BCUT2D eigenvalue weighted by atomic mass is 10.2. The second-order valence-electron chi connectivity index (χ2n) is 5.21. The van der Waals surface area contributed by atoms with Gasteiger partial charge in [-0.15, -0.1) is 10.2 Å². The number of carbonyl (C=O) groups is 1. The van der Waals surface area contributed by atoms with Crippen molar-refractivity contribution >= 4 is 33.6 Å². The summed E-state index contributed by atoms with van der Waals surface area (Å²) in [5, 5.41) is 20.1. The second-order valence-corrected chi connectivity index (χ2v) is 6.93. The largest absolute Gasteiger partial charge is 0.446 e. The molecular formula is C17H14BrN5O2S. The standard InChI is InChI=1S/C17H14BrN5O2S/c18-14-7-6-13(25-14)16-21-22-17(26-11-15(24)20-9-8-19)23(16)10-12-4-2-1-3-5-12/h1-7H,9-11H2,(H,20,24). The molecule has 132 valence electrons. The molecule has 0 spiro atoms. The van der Waals surface area contributed by atoms with Gasteiger partial charge in [-0.25, -0.2) is 0 Å². The van der Waals surface area contributed by atoms with Gasteiger partial charge >= 0.3 is 0 Å². The van der Waals surface area contributed by atoms with E-state index >= 15 is 0 Å². The van der Waals surface area contributed by atoms with Gasteiger partial charge in [0.25, 0.3) is 0 Å². The third kappa shape index (κ3) is 4.53. The van der Waals surface area contributed by atoms with E-state index in [1.807, 2.05) is 47.0 Å². The highest BCUT2D eigenvalue weighted by Gasteiger charge is 2.18. The molecule has 2 heterocycles. The van der Waals surface area contributed by atoms with Crippen molar-refractivity contribution in [3.05, 3.63) is 52.7 Å². The van der Waals surface area contributed by atoms with E-state index in [9.17, 15) is 4.79 Å². The van der Waals surface area contributed by atoms with Gasteiger partial charge in [-0.1, -0.05) is 42.1 Å². The average Bonchev–Trinajstić information content (AvgIpc) is 3.25. The van der Waals surface area contributed by atoms with Crippen molar-refractivity contribution < 1.29 is 9.21 Å². The fraction of sp³-hybridized carbons (Fsp3) is 0.176. The molecule has 1 amide bonds. The maximum Gasteiger partial charge on any atom is 0.231 e. The molecule has 1 aromatic carbocycles. The smallest absolute Gasteiger partial charge is 0.231 e. The summed E-state index contributed by atoms with van der Waals surface area (Å²) in [6.45, 7) is 0.533. The lowest BCUT2D eigenvalue weighted by Crippen LogP contribution is -2.25. The third-order valence-electron chi connectivity index (χ3n) is 3.39. The topological polar surface area (TPSA) is 96.7 Å². The number of thioether (sulfide) groups is 1. The molecule has 0 saturated carbocycles. The van der Waals surface area contributed by atoms with Gasteiger partial charge in [-0.05, 0) is 33.6 Å². The average molecular weight is 432 g/mol. The Morgan fingerprint density at radius 1 is 1.27 bits per heavy atom. The molecule has 0 saturated heterocycles. The number of amides is 1. The van der Waals surface area contributed by atoms with E-state index in [0.29, 0.717) is 28.0 Å². The fourth-order valence-electron chi connectivity index (χ4n) is 2.24. The Hall–Kier alpha value is -2.57. The van der Waals surface area contributed by atoms with Crippen molar-refractivity contribution in [1.82, 2.24) is 20.1 Å². The molecule has 0 unspecified atom stereocenters. The molecule has 9 heteroatoms. The normalized spacial score (nSPS) is 10.5. The van der Waals surface area contributed by atoms with E-state index in [1.54, 1.807) is 6.07 Å². The van der Waals surface area contributed by atoms with E-state index in [0.717, 1.165) is 5.56 Å². The first-order valence-corrected chi connectivity index (χ1v) is 9.44. The van der Waals surface area contributed by atoms with Crippen molar-refractivity contribution in [2.45, 2.75) is 11.7 Å². The number of nitrogens with zero attached hydrogens (tertiary/aromatic N) is 4. The third-order valence-corrected chi connectivity index (χ3v) is 4.78. The van der Waals surface area contributed by atoms with Crippen molar-refractivity contribution in [2.24, 2.45) is 0 Å². The van der Waals surface area contributed by atoms with Crippen LogP contribution in [-0.2, 0) is 11.3 Å². The Bertz CT molecular complexity index is 932. The lowest BCUT2D eigenvalue weighted by Gasteiger charge is -2.09. The van der Waals surface area contributed by atoms with Gasteiger partial charge in [-0.2, -0.15) is 5.26 Å². The summed E-state index contributed by atoms with van der Waals surface area (Å²) >= 11 is 4.55. The van der Waals surface area contributed by atoms with E-state index in [4.69, 9.17) is 9.68 Å². The molecule has 0 aliphatic rings. The SMILES string of the molecule is N#CCNC(=O)CSc1nnc(-c2ccc(Br)o2)n1Cc1ccccc1. The molecule has 26 heavy (non-hydrogen) atoms. The highest BCUT2D eigenvalue weighted by molar-refractivity contribution is 9.10. The minimum Gasteiger partial charge on any atom is -0.446 e. The van der Waals surface area contributed by atoms with E-state index in [-0.39, 0.29) is 18.2 Å². The number of halogens is 1. The molecule has 3 aromatic rings. The molecule has 0 bridgehead atoms. The van der Waals surface area contributed by atoms with Crippen LogP contribution in [0.1, 0.15) is 5.56 Å². The molecule has 0 atom stereocenters. The van der Waals surface area contributed by atoms with Crippen molar-refractivity contribution in [3.63, 3.8) is 0 Å². The van der Waals surface area contributed by atoms with E-state index < -0.39 is 0 Å². The highest BCUT2D eigenvalue weighted by Crippen LogP contribution is 2.28. The molecular weight excluding hydrogens is 418 g/mol. The molecule has 1 N–H and O–H groups in total. The molecule has 2 aromatic heterocycles. The highest BCUT2D eigenvalue weighted by atomic mass is 79.9. The Morgan fingerprint density at radius 2 is 2.08 bits per heavy atom. The van der Waals surface area contributed by atoms with Gasteiger partial charge in [0.1, 0.15) is 6.54 Å². The number of nitrogens with one attached hydrogen (secondary N) is 1. The van der Waals surface area contributed by atoms with Crippen LogP contribution >= 0.6 is 27.7 Å². The molecule has 0 aliphatic carbocycles. The maximum atomic E-state index is 11.8. The van der Waals surface area contributed by atoms with Gasteiger partial charge < -0.3 is 9.73 Å². The van der Waals surface area contributed by atoms with Crippen LogP contribution in [0.5, 0.6) is 0 Å². The van der Waals surface area contributed by atoms with E-state index in [2.05, 4.69) is 31.4 Å². The summed E-state index contributed by atoms with van der Waals surface area (Å²) in [6, 6.07) is 15.4. The lowest BCUT2D eigenvalue weighted by molar-refractivity contribution is -0.118. The summed E-state index contributed by atoms with van der Waals surface area (Å²) in [6.07, 6.45) is 0. The van der Waals surface area contributed by atoms with E-state index in [1.165, 1.54) is 11.8 Å². The number of nitriles is 1. The van der Waals surface area contributed by atoms with Gasteiger partial charge in [0.05, 0.1) is 18.4 Å². The van der Waals surface area contributed by atoms with Crippen molar-refractivity contribution in [1.29, 1.82) is 5.26 Å². The molecule has 7 nitrogen and oxygen atoms in total. The number of hydrogen-bond donors (Lipinski definition) is 1. The zero-order chi connectivity index (χ0) is 18.4. The van der Waals surface area contributed by atoms with Crippen molar-refractivity contribution in [3.8, 4) is 17.7 Å². The number of furan rings is 1. The number of rotatable bonds is 7. The zero-order valence-corrected chi connectivity index (χ0v) is 16.0. The predicted molar refractivity (Wildman–Crippen MR) is 100 cm³/mol. The van der Waals surface area contributed by atoms with Crippen LogP contribution in [-0.4, -0.2) is 33.0 Å². The first kappa shape index (κ1) is 18.2. The Balaban J connectivity index is 1.85. The summed E-state index contributed by atoms with van der Waals surface area (Å²) in [4.78, 5) is 11.8. The van der Waals surface area contributed by atoms with Crippen molar-refractivity contribution in [2.75, 3.05) is 12.3 Å². The molecule has 0 aliphatic heterocycles. The summed E-state index contributed by atoms with van der Waals surface area (Å²) in [5.74, 6) is 1.09. The van der Waals surface area contributed by atoms with Crippen LogP contribution < -0.4 is 5.32 Å². The number of hydrogen-bond acceptors (Lipinski definition) is 6. The van der Waals surface area contributed by atoms with Gasteiger partial charge in [0.2, 0.25) is 11.7 Å².